The van der Waals surface area contributed by atoms with Crippen molar-refractivity contribution in [2.24, 2.45) is 0 Å². The molecule has 0 aromatic heterocycles. The Morgan fingerprint density at radius 1 is 0.958 bits per heavy atom. The first-order valence-electron chi connectivity index (χ1n) is 7.98. The van der Waals surface area contributed by atoms with E-state index in [0.29, 0.717) is 11.1 Å². The van der Waals surface area contributed by atoms with E-state index >= 15 is 0 Å². The second kappa shape index (κ2) is 6.87. The highest BCUT2D eigenvalue weighted by Gasteiger charge is 2.30. The van der Waals surface area contributed by atoms with Gasteiger partial charge >= 0.3 is 0 Å². The fourth-order valence-corrected chi connectivity index (χ4v) is 2.37. The van der Waals surface area contributed by atoms with E-state index < -0.39 is 5.54 Å². The number of hydrogen-bond donors (Lipinski definition) is 1. The molecule has 0 fully saturated rings. The molecule has 0 aliphatic heterocycles. The second-order valence-corrected chi connectivity index (χ2v) is 6.94. The van der Waals surface area contributed by atoms with Crippen LogP contribution in [0.2, 0.25) is 0 Å². The number of benzene rings is 2. The summed E-state index contributed by atoms with van der Waals surface area (Å²) in [6.45, 7) is 9.51. The van der Waals surface area contributed by atoms with E-state index in [1.54, 1.807) is 24.3 Å². The molecule has 0 bridgehead atoms. The monoisotopic (exact) mass is 324 g/mol. The summed E-state index contributed by atoms with van der Waals surface area (Å²) in [7, 11) is 0. The molecular formula is C20H24N2O2. The molecule has 2 aromatic rings. The van der Waals surface area contributed by atoms with E-state index in [0.717, 1.165) is 11.1 Å². The van der Waals surface area contributed by atoms with Crippen molar-refractivity contribution in [1.82, 2.24) is 10.4 Å². The predicted octanol–water partition coefficient (Wildman–Crippen LogP) is 3.89. The zero-order chi connectivity index (χ0) is 17.9. The summed E-state index contributed by atoms with van der Waals surface area (Å²) in [5.74, 6) is -0.517. The minimum absolute atomic E-state index is 0.215. The van der Waals surface area contributed by atoms with Gasteiger partial charge in [-0.3, -0.25) is 15.0 Å². The van der Waals surface area contributed by atoms with Gasteiger partial charge in [-0.2, -0.15) is 0 Å². The second-order valence-electron chi connectivity index (χ2n) is 6.94. The molecule has 2 amide bonds. The number of amides is 2. The molecule has 0 spiro atoms. The first kappa shape index (κ1) is 17.7. The average Bonchev–Trinajstić information content (AvgIpc) is 2.53. The molecule has 4 heteroatoms. The van der Waals surface area contributed by atoms with Gasteiger partial charge in [-0.05, 0) is 58.4 Å². The standard InChI is InChI=1S/C20H24N2O2/c1-14-11-12-15(2)17(13-14)19(24)22(20(3,4)5)21-18(23)16-9-7-6-8-10-16/h6-13H,1-5H3,(H,21,23). The number of rotatable bonds is 2. The topological polar surface area (TPSA) is 49.4 Å². The lowest BCUT2D eigenvalue weighted by Crippen LogP contribution is -2.56. The van der Waals surface area contributed by atoms with Gasteiger partial charge in [0.1, 0.15) is 0 Å². The van der Waals surface area contributed by atoms with Crippen molar-refractivity contribution in [2.45, 2.75) is 40.2 Å². The normalized spacial score (nSPS) is 11.0. The van der Waals surface area contributed by atoms with Crippen LogP contribution in [0.25, 0.3) is 0 Å². The van der Waals surface area contributed by atoms with Gasteiger partial charge in [-0.15, -0.1) is 0 Å². The quantitative estimate of drug-likeness (QED) is 0.852. The summed E-state index contributed by atoms with van der Waals surface area (Å²) in [6.07, 6.45) is 0. The van der Waals surface area contributed by atoms with E-state index in [2.05, 4.69) is 5.43 Å². The fraction of sp³-hybridized carbons (Fsp3) is 0.300. The number of hydrogen-bond acceptors (Lipinski definition) is 2. The van der Waals surface area contributed by atoms with Crippen LogP contribution in [0, 0.1) is 13.8 Å². The van der Waals surface area contributed by atoms with Gasteiger partial charge in [-0.25, -0.2) is 5.01 Å². The van der Waals surface area contributed by atoms with Crippen LogP contribution in [0.5, 0.6) is 0 Å². The minimum Gasteiger partial charge on any atom is -0.267 e. The molecule has 0 saturated heterocycles. The van der Waals surface area contributed by atoms with Crippen molar-refractivity contribution in [1.29, 1.82) is 0 Å². The predicted molar refractivity (Wildman–Crippen MR) is 95.7 cm³/mol. The maximum absolute atomic E-state index is 13.0. The van der Waals surface area contributed by atoms with Gasteiger partial charge in [0.15, 0.2) is 0 Å². The number of aryl methyl sites for hydroxylation is 2. The Morgan fingerprint density at radius 2 is 1.58 bits per heavy atom. The molecule has 0 aliphatic carbocycles. The lowest BCUT2D eigenvalue weighted by Gasteiger charge is -2.36. The SMILES string of the molecule is Cc1ccc(C)c(C(=O)N(NC(=O)c2ccccc2)C(C)(C)C)c1. The van der Waals surface area contributed by atoms with Crippen LogP contribution < -0.4 is 5.43 Å². The zero-order valence-electron chi connectivity index (χ0n) is 14.9. The van der Waals surface area contributed by atoms with E-state index in [-0.39, 0.29) is 11.8 Å². The Labute approximate surface area is 143 Å². The Balaban J connectivity index is 2.34. The highest BCUT2D eigenvalue weighted by molar-refractivity contribution is 6.00. The molecule has 0 heterocycles. The van der Waals surface area contributed by atoms with Crippen molar-refractivity contribution in [3.8, 4) is 0 Å². The maximum Gasteiger partial charge on any atom is 0.273 e. The van der Waals surface area contributed by atoms with Crippen LogP contribution in [0.1, 0.15) is 52.6 Å². The minimum atomic E-state index is -0.558. The highest BCUT2D eigenvalue weighted by atomic mass is 16.2. The van der Waals surface area contributed by atoms with Crippen LogP contribution in [-0.4, -0.2) is 22.4 Å². The number of carbonyl (C=O) groups excluding carboxylic acids is 2. The third-order valence-electron chi connectivity index (χ3n) is 3.75. The van der Waals surface area contributed by atoms with E-state index in [1.165, 1.54) is 5.01 Å². The van der Waals surface area contributed by atoms with Crippen LogP contribution in [0.3, 0.4) is 0 Å². The van der Waals surface area contributed by atoms with Crippen LogP contribution in [-0.2, 0) is 0 Å². The summed E-state index contributed by atoms with van der Waals surface area (Å²) < 4.78 is 0. The third-order valence-corrected chi connectivity index (χ3v) is 3.75. The molecule has 0 unspecified atom stereocenters. The number of nitrogens with one attached hydrogen (secondary N) is 1. The van der Waals surface area contributed by atoms with Crippen molar-refractivity contribution in [3.63, 3.8) is 0 Å². The van der Waals surface area contributed by atoms with E-state index in [4.69, 9.17) is 0 Å². The summed E-state index contributed by atoms with van der Waals surface area (Å²) in [5.41, 5.74) is 5.21. The van der Waals surface area contributed by atoms with Crippen LogP contribution >= 0.6 is 0 Å². The molecule has 0 aliphatic rings. The summed E-state index contributed by atoms with van der Waals surface area (Å²) in [4.78, 5) is 25.5. The molecule has 0 atom stereocenters. The summed E-state index contributed by atoms with van der Waals surface area (Å²) >= 11 is 0. The Kier molecular flexibility index (Phi) is 5.07. The summed E-state index contributed by atoms with van der Waals surface area (Å²) in [6, 6.07) is 14.6. The Morgan fingerprint density at radius 3 is 2.17 bits per heavy atom. The van der Waals surface area contributed by atoms with E-state index in [9.17, 15) is 9.59 Å². The fourth-order valence-electron chi connectivity index (χ4n) is 2.37. The van der Waals surface area contributed by atoms with Crippen LogP contribution in [0.15, 0.2) is 48.5 Å². The number of hydrazine groups is 1. The lowest BCUT2D eigenvalue weighted by molar-refractivity contribution is 0.0358. The van der Waals surface area contributed by atoms with Gasteiger partial charge in [0.2, 0.25) is 0 Å². The molecule has 24 heavy (non-hydrogen) atoms. The molecular weight excluding hydrogens is 300 g/mol. The van der Waals surface area contributed by atoms with Gasteiger partial charge in [0.05, 0.1) is 5.54 Å². The average molecular weight is 324 g/mol. The van der Waals surface area contributed by atoms with Crippen molar-refractivity contribution >= 4 is 11.8 Å². The molecule has 0 saturated carbocycles. The van der Waals surface area contributed by atoms with Crippen molar-refractivity contribution < 1.29 is 9.59 Å². The maximum atomic E-state index is 13.0. The smallest absolute Gasteiger partial charge is 0.267 e. The van der Waals surface area contributed by atoms with Gasteiger partial charge in [0, 0.05) is 11.1 Å². The molecule has 2 rings (SSSR count). The number of carbonyl (C=O) groups is 2. The van der Waals surface area contributed by atoms with Gasteiger partial charge < -0.3 is 0 Å². The zero-order valence-corrected chi connectivity index (χ0v) is 14.9. The molecule has 0 radical (unpaired) electrons. The van der Waals surface area contributed by atoms with Gasteiger partial charge in [0.25, 0.3) is 11.8 Å². The lowest BCUT2D eigenvalue weighted by atomic mass is 10.0. The summed E-state index contributed by atoms with van der Waals surface area (Å²) in [5, 5.41) is 1.41. The largest absolute Gasteiger partial charge is 0.273 e. The molecule has 2 aromatic carbocycles. The first-order chi connectivity index (χ1) is 11.2. The Bertz CT molecular complexity index is 746. The number of nitrogens with zero attached hydrogens (tertiary/aromatic N) is 1. The molecule has 1 N–H and O–H groups in total. The van der Waals surface area contributed by atoms with E-state index in [1.807, 2.05) is 58.9 Å². The van der Waals surface area contributed by atoms with Crippen LogP contribution in [0.4, 0.5) is 0 Å². The molecule has 126 valence electrons. The van der Waals surface area contributed by atoms with Crippen molar-refractivity contribution in [2.75, 3.05) is 0 Å². The molecule has 4 nitrogen and oxygen atoms in total. The van der Waals surface area contributed by atoms with Gasteiger partial charge in [-0.1, -0.05) is 35.9 Å². The highest BCUT2D eigenvalue weighted by Crippen LogP contribution is 2.19. The Hall–Kier alpha value is -2.62. The van der Waals surface area contributed by atoms with Crippen molar-refractivity contribution in [3.05, 3.63) is 70.8 Å². The third kappa shape index (κ3) is 4.02. The first-order valence-corrected chi connectivity index (χ1v) is 7.98.